The Balaban J connectivity index is 1.75. The van der Waals surface area contributed by atoms with Crippen molar-refractivity contribution in [1.29, 1.82) is 0 Å². The van der Waals surface area contributed by atoms with Gasteiger partial charge >= 0.3 is 0 Å². The molecule has 0 atom stereocenters. The van der Waals surface area contributed by atoms with Crippen LogP contribution in [0.1, 0.15) is 15.9 Å². The minimum absolute atomic E-state index is 0.0186. The van der Waals surface area contributed by atoms with Gasteiger partial charge in [0.25, 0.3) is 5.91 Å². The minimum Gasteiger partial charge on any atom is -0.497 e. The summed E-state index contributed by atoms with van der Waals surface area (Å²) in [6, 6.07) is 19.9. The van der Waals surface area contributed by atoms with Crippen molar-refractivity contribution in [2.45, 2.75) is 6.54 Å². The molecule has 26 heavy (non-hydrogen) atoms. The molecule has 1 amide bonds. The lowest BCUT2D eigenvalue weighted by molar-refractivity contribution is 0.0785. The summed E-state index contributed by atoms with van der Waals surface area (Å²) in [6.45, 7) is 0.566. The molecule has 0 heterocycles. The second-order valence-electron chi connectivity index (χ2n) is 6.65. The van der Waals surface area contributed by atoms with Gasteiger partial charge in [0.05, 0.1) is 7.11 Å². The number of hydrogen-bond donors (Lipinski definition) is 0. The van der Waals surface area contributed by atoms with E-state index in [2.05, 4.69) is 18.2 Å². The zero-order valence-corrected chi connectivity index (χ0v) is 15.7. The normalized spacial score (nSPS) is 10.6. The van der Waals surface area contributed by atoms with Gasteiger partial charge in [0.2, 0.25) is 0 Å². The van der Waals surface area contributed by atoms with Crippen LogP contribution in [-0.2, 0) is 6.54 Å². The third kappa shape index (κ3) is 3.80. The number of benzene rings is 3. The Kier molecular flexibility index (Phi) is 5.12. The van der Waals surface area contributed by atoms with Crippen LogP contribution in [0, 0.1) is 0 Å². The third-order valence-corrected chi connectivity index (χ3v) is 4.51. The van der Waals surface area contributed by atoms with E-state index < -0.39 is 0 Å². The van der Waals surface area contributed by atoms with E-state index in [0.717, 1.165) is 27.8 Å². The molecular formula is C22H24N2O2. The summed E-state index contributed by atoms with van der Waals surface area (Å²) in [7, 11) is 7.47. The maximum Gasteiger partial charge on any atom is 0.253 e. The highest BCUT2D eigenvalue weighted by Crippen LogP contribution is 2.22. The van der Waals surface area contributed by atoms with Crippen molar-refractivity contribution in [3.05, 3.63) is 71.8 Å². The number of rotatable bonds is 5. The van der Waals surface area contributed by atoms with E-state index in [4.69, 9.17) is 4.74 Å². The van der Waals surface area contributed by atoms with Gasteiger partial charge in [0.1, 0.15) is 5.75 Å². The zero-order chi connectivity index (χ0) is 18.7. The highest BCUT2D eigenvalue weighted by Gasteiger charge is 2.12. The fourth-order valence-electron chi connectivity index (χ4n) is 2.97. The molecule has 0 saturated carbocycles. The van der Waals surface area contributed by atoms with Crippen molar-refractivity contribution in [1.82, 2.24) is 4.90 Å². The fourth-order valence-corrected chi connectivity index (χ4v) is 2.97. The van der Waals surface area contributed by atoms with Crippen LogP contribution in [0.5, 0.6) is 5.75 Å². The van der Waals surface area contributed by atoms with Gasteiger partial charge in [-0.25, -0.2) is 0 Å². The Morgan fingerprint density at radius 1 is 0.885 bits per heavy atom. The van der Waals surface area contributed by atoms with Crippen LogP contribution in [0.3, 0.4) is 0 Å². The zero-order valence-electron chi connectivity index (χ0n) is 15.7. The number of nitrogens with zero attached hydrogens (tertiary/aromatic N) is 2. The van der Waals surface area contributed by atoms with E-state index in [-0.39, 0.29) is 5.91 Å². The minimum atomic E-state index is 0.0186. The lowest BCUT2D eigenvalue weighted by Gasteiger charge is -2.19. The van der Waals surface area contributed by atoms with Crippen molar-refractivity contribution in [2.24, 2.45) is 0 Å². The smallest absolute Gasteiger partial charge is 0.253 e. The molecule has 0 aliphatic rings. The molecule has 0 bridgehead atoms. The number of carbonyl (C=O) groups excluding carboxylic acids is 1. The molecule has 0 unspecified atom stereocenters. The molecular weight excluding hydrogens is 324 g/mol. The van der Waals surface area contributed by atoms with Gasteiger partial charge in [-0.15, -0.1) is 0 Å². The van der Waals surface area contributed by atoms with Crippen LogP contribution in [0.25, 0.3) is 10.8 Å². The molecule has 134 valence electrons. The van der Waals surface area contributed by atoms with Crippen LogP contribution >= 0.6 is 0 Å². The first-order chi connectivity index (χ1) is 12.5. The van der Waals surface area contributed by atoms with Crippen LogP contribution in [-0.4, -0.2) is 39.1 Å². The standard InChI is InChI=1S/C22H24N2O2/c1-23(2)20-10-7-17(8-11-20)22(25)24(3)15-16-5-6-19-14-21(26-4)12-9-18(19)13-16/h5-14H,15H2,1-4H3. The Morgan fingerprint density at radius 2 is 1.54 bits per heavy atom. The van der Waals surface area contributed by atoms with E-state index in [1.165, 1.54) is 0 Å². The van der Waals surface area contributed by atoms with E-state index in [1.54, 1.807) is 12.0 Å². The molecule has 0 aromatic heterocycles. The summed E-state index contributed by atoms with van der Waals surface area (Å²) in [5, 5.41) is 2.26. The topological polar surface area (TPSA) is 32.8 Å². The number of anilines is 1. The first-order valence-electron chi connectivity index (χ1n) is 8.57. The predicted molar refractivity (Wildman–Crippen MR) is 107 cm³/mol. The second-order valence-corrected chi connectivity index (χ2v) is 6.65. The first-order valence-corrected chi connectivity index (χ1v) is 8.57. The van der Waals surface area contributed by atoms with Gasteiger partial charge in [-0.05, 0) is 58.8 Å². The van der Waals surface area contributed by atoms with Gasteiger partial charge in [-0.3, -0.25) is 4.79 Å². The SMILES string of the molecule is COc1ccc2cc(CN(C)C(=O)c3ccc(N(C)C)cc3)ccc2c1. The van der Waals surface area contributed by atoms with E-state index in [0.29, 0.717) is 12.1 Å². The van der Waals surface area contributed by atoms with E-state index >= 15 is 0 Å². The molecule has 0 N–H and O–H groups in total. The Morgan fingerprint density at radius 3 is 2.19 bits per heavy atom. The Hall–Kier alpha value is -3.01. The molecule has 4 nitrogen and oxygen atoms in total. The van der Waals surface area contributed by atoms with Crippen LogP contribution in [0.2, 0.25) is 0 Å². The van der Waals surface area contributed by atoms with Gasteiger partial charge in [-0.1, -0.05) is 18.2 Å². The maximum absolute atomic E-state index is 12.7. The van der Waals surface area contributed by atoms with Crippen LogP contribution < -0.4 is 9.64 Å². The first kappa shape index (κ1) is 17.8. The van der Waals surface area contributed by atoms with Gasteiger partial charge in [0.15, 0.2) is 0 Å². The summed E-state index contributed by atoms with van der Waals surface area (Å²) in [5.74, 6) is 0.865. The molecule has 4 heteroatoms. The molecule has 0 saturated heterocycles. The van der Waals surface area contributed by atoms with Crippen molar-refractivity contribution in [3.8, 4) is 5.75 Å². The van der Waals surface area contributed by atoms with Gasteiger partial charge < -0.3 is 14.5 Å². The molecule has 0 spiro atoms. The van der Waals surface area contributed by atoms with Crippen molar-refractivity contribution in [3.63, 3.8) is 0 Å². The molecule has 3 rings (SSSR count). The van der Waals surface area contributed by atoms with Gasteiger partial charge in [0, 0.05) is 38.9 Å². The van der Waals surface area contributed by atoms with Gasteiger partial charge in [-0.2, -0.15) is 0 Å². The lowest BCUT2D eigenvalue weighted by atomic mass is 10.1. The Bertz CT molecular complexity index is 917. The highest BCUT2D eigenvalue weighted by molar-refractivity contribution is 5.94. The number of methoxy groups -OCH3 is 1. The molecule has 3 aromatic carbocycles. The number of carbonyl (C=O) groups is 1. The predicted octanol–water partition coefficient (Wildman–Crippen LogP) is 4.19. The third-order valence-electron chi connectivity index (χ3n) is 4.51. The van der Waals surface area contributed by atoms with E-state index in [9.17, 15) is 4.79 Å². The molecule has 0 aliphatic heterocycles. The van der Waals surface area contributed by atoms with Crippen LogP contribution in [0.15, 0.2) is 60.7 Å². The second kappa shape index (κ2) is 7.48. The van der Waals surface area contributed by atoms with Crippen LogP contribution in [0.4, 0.5) is 5.69 Å². The number of fused-ring (bicyclic) bond motifs is 1. The Labute approximate surface area is 154 Å². The average Bonchev–Trinajstić information content (AvgIpc) is 2.67. The quantitative estimate of drug-likeness (QED) is 0.693. The van der Waals surface area contributed by atoms with Crippen molar-refractivity contribution >= 4 is 22.4 Å². The average molecular weight is 348 g/mol. The number of hydrogen-bond acceptors (Lipinski definition) is 3. The lowest BCUT2D eigenvalue weighted by Crippen LogP contribution is -2.26. The molecule has 0 fully saturated rings. The molecule has 0 radical (unpaired) electrons. The maximum atomic E-state index is 12.7. The summed E-state index contributed by atoms with van der Waals surface area (Å²) < 4.78 is 5.26. The van der Waals surface area contributed by atoms with Crippen molar-refractivity contribution < 1.29 is 9.53 Å². The largest absolute Gasteiger partial charge is 0.497 e. The fraction of sp³-hybridized carbons (Fsp3) is 0.227. The molecule has 3 aromatic rings. The summed E-state index contributed by atoms with van der Waals surface area (Å²) >= 11 is 0. The molecule has 0 aliphatic carbocycles. The number of ether oxygens (including phenoxy) is 1. The van der Waals surface area contributed by atoms with E-state index in [1.807, 2.05) is 68.5 Å². The summed E-state index contributed by atoms with van der Waals surface area (Å²) in [5.41, 5.74) is 2.88. The monoisotopic (exact) mass is 348 g/mol. The number of amides is 1. The highest BCUT2D eigenvalue weighted by atomic mass is 16.5. The van der Waals surface area contributed by atoms with Crippen molar-refractivity contribution in [2.75, 3.05) is 33.2 Å². The summed E-state index contributed by atoms with van der Waals surface area (Å²) in [6.07, 6.45) is 0. The summed E-state index contributed by atoms with van der Waals surface area (Å²) in [4.78, 5) is 16.4.